The van der Waals surface area contributed by atoms with Crippen molar-refractivity contribution in [1.29, 1.82) is 0 Å². The number of nitrogens with zero attached hydrogens (tertiary/aromatic N) is 2. The Hall–Kier alpha value is -2.86. The van der Waals surface area contributed by atoms with Crippen LogP contribution in [0.25, 0.3) is 11.0 Å². The number of methoxy groups -OCH3 is 1. The van der Waals surface area contributed by atoms with Gasteiger partial charge < -0.3 is 19.4 Å². The number of benzene rings is 2. The SMILES string of the molecule is COCC(=O)NC(C)c1nc2ccccc2n1CCCCOc1ccc(C(C)C)cc1. The van der Waals surface area contributed by atoms with Crippen LogP contribution in [-0.4, -0.2) is 35.8 Å². The van der Waals surface area contributed by atoms with Crippen LogP contribution in [0, 0.1) is 0 Å². The van der Waals surface area contributed by atoms with Crippen molar-refractivity contribution in [1.82, 2.24) is 14.9 Å². The first-order chi connectivity index (χ1) is 15.0. The average molecular weight is 424 g/mol. The predicted molar refractivity (Wildman–Crippen MR) is 123 cm³/mol. The van der Waals surface area contributed by atoms with E-state index in [1.165, 1.54) is 12.7 Å². The standard InChI is InChI=1S/C25H33N3O3/c1-18(2)20-11-13-21(14-12-20)31-16-8-7-15-28-23-10-6-5-9-22(23)27-25(28)19(3)26-24(29)17-30-4/h5-6,9-14,18-19H,7-8,15-17H2,1-4H3,(H,26,29). The first-order valence-electron chi connectivity index (χ1n) is 11.0. The molecule has 0 spiro atoms. The number of amides is 1. The van der Waals surface area contributed by atoms with Gasteiger partial charge in [-0.05, 0) is 55.5 Å². The summed E-state index contributed by atoms with van der Waals surface area (Å²) in [5.74, 6) is 2.14. The third-order valence-electron chi connectivity index (χ3n) is 5.32. The van der Waals surface area contributed by atoms with Crippen LogP contribution < -0.4 is 10.1 Å². The largest absolute Gasteiger partial charge is 0.494 e. The molecule has 0 saturated carbocycles. The molecule has 1 aromatic heterocycles. The summed E-state index contributed by atoms with van der Waals surface area (Å²) < 4.78 is 13.0. The summed E-state index contributed by atoms with van der Waals surface area (Å²) in [6.07, 6.45) is 1.89. The van der Waals surface area contributed by atoms with Gasteiger partial charge in [-0.1, -0.05) is 38.1 Å². The van der Waals surface area contributed by atoms with Crippen molar-refractivity contribution in [2.45, 2.75) is 52.1 Å². The number of rotatable bonds is 11. The quantitative estimate of drug-likeness (QED) is 0.448. The molecular weight excluding hydrogens is 390 g/mol. The molecule has 6 heteroatoms. The van der Waals surface area contributed by atoms with Gasteiger partial charge in [0.1, 0.15) is 18.2 Å². The van der Waals surface area contributed by atoms with Gasteiger partial charge in [0.25, 0.3) is 0 Å². The molecule has 1 N–H and O–H groups in total. The lowest BCUT2D eigenvalue weighted by molar-refractivity contribution is -0.125. The molecule has 3 rings (SSSR count). The second-order valence-corrected chi connectivity index (χ2v) is 8.11. The summed E-state index contributed by atoms with van der Waals surface area (Å²) in [6.45, 7) is 7.86. The van der Waals surface area contributed by atoms with Crippen LogP contribution in [-0.2, 0) is 16.1 Å². The zero-order valence-corrected chi connectivity index (χ0v) is 18.9. The molecule has 3 aromatic rings. The monoisotopic (exact) mass is 423 g/mol. The Kier molecular flexibility index (Phi) is 8.06. The lowest BCUT2D eigenvalue weighted by Crippen LogP contribution is -2.31. The summed E-state index contributed by atoms with van der Waals surface area (Å²) >= 11 is 0. The third-order valence-corrected chi connectivity index (χ3v) is 5.32. The minimum atomic E-state index is -0.203. The number of aromatic nitrogens is 2. The Labute approximate surface area is 184 Å². The number of ether oxygens (including phenoxy) is 2. The highest BCUT2D eigenvalue weighted by molar-refractivity contribution is 5.78. The van der Waals surface area contributed by atoms with Gasteiger partial charge in [-0.25, -0.2) is 4.98 Å². The van der Waals surface area contributed by atoms with Gasteiger partial charge in [-0.3, -0.25) is 4.79 Å². The molecular formula is C25H33N3O3. The second kappa shape index (κ2) is 11.0. The lowest BCUT2D eigenvalue weighted by Gasteiger charge is -2.16. The van der Waals surface area contributed by atoms with Crippen molar-refractivity contribution in [2.24, 2.45) is 0 Å². The molecule has 0 radical (unpaired) electrons. The lowest BCUT2D eigenvalue weighted by atomic mass is 10.0. The van der Waals surface area contributed by atoms with E-state index < -0.39 is 0 Å². The first-order valence-corrected chi connectivity index (χ1v) is 11.0. The van der Waals surface area contributed by atoms with E-state index in [4.69, 9.17) is 14.5 Å². The van der Waals surface area contributed by atoms with Gasteiger partial charge >= 0.3 is 0 Å². The highest BCUT2D eigenvalue weighted by atomic mass is 16.5. The average Bonchev–Trinajstić information content (AvgIpc) is 3.13. The Morgan fingerprint density at radius 2 is 1.81 bits per heavy atom. The van der Waals surface area contributed by atoms with E-state index in [1.807, 2.05) is 37.3 Å². The molecule has 0 bridgehead atoms. The van der Waals surface area contributed by atoms with Gasteiger partial charge in [0.2, 0.25) is 5.91 Å². The highest BCUT2D eigenvalue weighted by Gasteiger charge is 2.18. The number of fused-ring (bicyclic) bond motifs is 1. The number of hydrogen-bond donors (Lipinski definition) is 1. The Morgan fingerprint density at radius 1 is 1.06 bits per heavy atom. The van der Waals surface area contributed by atoms with E-state index in [-0.39, 0.29) is 18.6 Å². The first kappa shape index (κ1) is 22.8. The summed E-state index contributed by atoms with van der Waals surface area (Å²) in [6, 6.07) is 16.2. The van der Waals surface area contributed by atoms with E-state index in [1.54, 1.807) is 0 Å². The molecule has 0 aliphatic carbocycles. The number of aryl methyl sites for hydroxylation is 1. The van der Waals surface area contributed by atoms with Crippen molar-refractivity contribution in [3.63, 3.8) is 0 Å². The number of imidazole rings is 1. The number of hydrogen-bond acceptors (Lipinski definition) is 4. The molecule has 0 aliphatic rings. The van der Waals surface area contributed by atoms with Crippen molar-refractivity contribution in [3.8, 4) is 5.75 Å². The molecule has 0 fully saturated rings. The molecule has 0 aliphatic heterocycles. The van der Waals surface area contributed by atoms with E-state index in [0.29, 0.717) is 12.5 Å². The zero-order valence-electron chi connectivity index (χ0n) is 18.9. The van der Waals surface area contributed by atoms with Crippen molar-refractivity contribution in [3.05, 3.63) is 59.9 Å². The van der Waals surface area contributed by atoms with Gasteiger partial charge in [-0.2, -0.15) is 0 Å². The molecule has 1 amide bonds. The number of nitrogens with one attached hydrogen (secondary N) is 1. The van der Waals surface area contributed by atoms with Crippen LogP contribution in [0.3, 0.4) is 0 Å². The Bertz CT molecular complexity index is 979. The van der Waals surface area contributed by atoms with Crippen molar-refractivity contribution < 1.29 is 14.3 Å². The number of unbranched alkanes of at least 4 members (excludes halogenated alkanes) is 1. The molecule has 166 valence electrons. The van der Waals surface area contributed by atoms with Gasteiger partial charge in [0.05, 0.1) is 23.7 Å². The minimum absolute atomic E-state index is 0.0417. The summed E-state index contributed by atoms with van der Waals surface area (Å²) in [4.78, 5) is 16.7. The normalized spacial score (nSPS) is 12.3. The van der Waals surface area contributed by atoms with E-state index in [2.05, 4.69) is 41.9 Å². The maximum Gasteiger partial charge on any atom is 0.246 e. The number of carbonyl (C=O) groups excluding carboxylic acids is 1. The van der Waals surface area contributed by atoms with Gasteiger partial charge in [0, 0.05) is 13.7 Å². The van der Waals surface area contributed by atoms with Crippen LogP contribution >= 0.6 is 0 Å². The van der Waals surface area contributed by atoms with E-state index >= 15 is 0 Å². The molecule has 31 heavy (non-hydrogen) atoms. The highest BCUT2D eigenvalue weighted by Crippen LogP contribution is 2.22. The summed E-state index contributed by atoms with van der Waals surface area (Å²) in [5.41, 5.74) is 3.33. The van der Waals surface area contributed by atoms with Crippen LogP contribution in [0.4, 0.5) is 0 Å². The maximum atomic E-state index is 12.0. The summed E-state index contributed by atoms with van der Waals surface area (Å²) in [5, 5.41) is 2.96. The second-order valence-electron chi connectivity index (χ2n) is 8.11. The fourth-order valence-electron chi connectivity index (χ4n) is 3.65. The topological polar surface area (TPSA) is 65.4 Å². The number of para-hydroxylation sites is 2. The molecule has 1 heterocycles. The Balaban J connectivity index is 1.59. The Morgan fingerprint density at radius 3 is 2.52 bits per heavy atom. The smallest absolute Gasteiger partial charge is 0.246 e. The molecule has 1 unspecified atom stereocenters. The predicted octanol–water partition coefficient (Wildman–Crippen LogP) is 4.84. The van der Waals surface area contributed by atoms with Gasteiger partial charge in [0.15, 0.2) is 0 Å². The minimum Gasteiger partial charge on any atom is -0.494 e. The maximum absolute atomic E-state index is 12.0. The molecule has 2 aromatic carbocycles. The van der Waals surface area contributed by atoms with E-state index in [9.17, 15) is 4.79 Å². The van der Waals surface area contributed by atoms with Crippen LogP contribution in [0.1, 0.15) is 57.0 Å². The fraction of sp³-hybridized carbons (Fsp3) is 0.440. The van der Waals surface area contributed by atoms with Crippen molar-refractivity contribution in [2.75, 3.05) is 20.3 Å². The molecule has 1 atom stereocenters. The molecule has 0 saturated heterocycles. The fourth-order valence-corrected chi connectivity index (χ4v) is 3.65. The molecule has 6 nitrogen and oxygen atoms in total. The van der Waals surface area contributed by atoms with Crippen LogP contribution in [0.15, 0.2) is 48.5 Å². The van der Waals surface area contributed by atoms with E-state index in [0.717, 1.165) is 42.0 Å². The van der Waals surface area contributed by atoms with Crippen molar-refractivity contribution >= 4 is 16.9 Å². The summed E-state index contributed by atoms with van der Waals surface area (Å²) in [7, 11) is 1.51. The van der Waals surface area contributed by atoms with Crippen LogP contribution in [0.5, 0.6) is 5.75 Å². The van der Waals surface area contributed by atoms with Crippen LogP contribution in [0.2, 0.25) is 0 Å². The van der Waals surface area contributed by atoms with Gasteiger partial charge in [-0.15, -0.1) is 0 Å². The third kappa shape index (κ3) is 6.07. The zero-order chi connectivity index (χ0) is 22.2. The number of carbonyl (C=O) groups is 1.